The summed E-state index contributed by atoms with van der Waals surface area (Å²) >= 11 is 0. The molecule has 114 valence electrons. The third-order valence-electron chi connectivity index (χ3n) is 3.33. The Morgan fingerprint density at radius 3 is 2.48 bits per heavy atom. The van der Waals surface area contributed by atoms with E-state index in [1.165, 1.54) is 33.5 Å². The van der Waals surface area contributed by atoms with Gasteiger partial charge in [-0.05, 0) is 13.0 Å². The standard InChI is InChI=1S/C14H17NO6/c1-14(13(19-3)20-4)6-5-9-7-10(15(16)17)12(18-2)8-11(9)21-14/h5-8,13H,1-4H3. The molecule has 1 unspecified atom stereocenters. The van der Waals surface area contributed by atoms with Gasteiger partial charge in [0, 0.05) is 31.9 Å². The molecule has 0 saturated heterocycles. The zero-order valence-corrected chi connectivity index (χ0v) is 12.3. The number of ether oxygens (including phenoxy) is 4. The van der Waals surface area contributed by atoms with Crippen LogP contribution >= 0.6 is 0 Å². The molecule has 1 atom stereocenters. The molecule has 7 heteroatoms. The van der Waals surface area contributed by atoms with Gasteiger partial charge >= 0.3 is 5.69 Å². The molecule has 2 rings (SSSR count). The normalized spacial score (nSPS) is 20.0. The van der Waals surface area contributed by atoms with Crippen molar-refractivity contribution in [2.45, 2.75) is 18.8 Å². The first kappa shape index (κ1) is 15.3. The largest absolute Gasteiger partial charge is 0.490 e. The van der Waals surface area contributed by atoms with Gasteiger partial charge in [-0.3, -0.25) is 10.1 Å². The van der Waals surface area contributed by atoms with Gasteiger partial charge in [0.1, 0.15) is 5.75 Å². The fraction of sp³-hybridized carbons (Fsp3) is 0.429. The minimum atomic E-state index is -0.836. The summed E-state index contributed by atoms with van der Waals surface area (Å²) in [6.45, 7) is 1.80. The van der Waals surface area contributed by atoms with Gasteiger partial charge in [0.25, 0.3) is 0 Å². The molecular weight excluding hydrogens is 278 g/mol. The van der Waals surface area contributed by atoms with E-state index in [-0.39, 0.29) is 11.4 Å². The molecule has 1 aromatic rings. The van der Waals surface area contributed by atoms with Crippen molar-refractivity contribution in [2.75, 3.05) is 21.3 Å². The number of methoxy groups -OCH3 is 3. The number of nitro benzene ring substituents is 1. The van der Waals surface area contributed by atoms with Crippen molar-refractivity contribution in [1.29, 1.82) is 0 Å². The van der Waals surface area contributed by atoms with Crippen LogP contribution in [0.5, 0.6) is 11.5 Å². The molecule has 0 aromatic heterocycles. The summed E-state index contributed by atoms with van der Waals surface area (Å²) in [5, 5.41) is 11.0. The van der Waals surface area contributed by atoms with E-state index in [4.69, 9.17) is 18.9 Å². The SMILES string of the molecule is COc1cc2c(cc1[N+](=O)[O-])C=CC(C)(C(OC)OC)O2. The van der Waals surface area contributed by atoms with Crippen molar-refractivity contribution in [3.63, 3.8) is 0 Å². The second-order valence-corrected chi connectivity index (χ2v) is 4.74. The summed E-state index contributed by atoms with van der Waals surface area (Å²) in [4.78, 5) is 10.5. The maximum absolute atomic E-state index is 11.0. The van der Waals surface area contributed by atoms with E-state index in [9.17, 15) is 10.1 Å². The van der Waals surface area contributed by atoms with Gasteiger partial charge in [-0.1, -0.05) is 6.08 Å². The lowest BCUT2D eigenvalue weighted by atomic mass is 9.99. The highest BCUT2D eigenvalue weighted by atomic mass is 16.7. The highest BCUT2D eigenvalue weighted by Crippen LogP contribution is 2.40. The van der Waals surface area contributed by atoms with E-state index in [2.05, 4.69) is 0 Å². The van der Waals surface area contributed by atoms with E-state index >= 15 is 0 Å². The van der Waals surface area contributed by atoms with Crippen LogP contribution in [0.2, 0.25) is 0 Å². The van der Waals surface area contributed by atoms with Crippen molar-refractivity contribution in [2.24, 2.45) is 0 Å². The van der Waals surface area contributed by atoms with Gasteiger partial charge in [-0.2, -0.15) is 0 Å². The van der Waals surface area contributed by atoms with E-state index in [0.29, 0.717) is 11.3 Å². The predicted molar refractivity (Wildman–Crippen MR) is 75.5 cm³/mol. The average Bonchev–Trinajstić information content (AvgIpc) is 2.46. The van der Waals surface area contributed by atoms with Crippen LogP contribution < -0.4 is 9.47 Å². The second-order valence-electron chi connectivity index (χ2n) is 4.74. The molecule has 21 heavy (non-hydrogen) atoms. The number of hydrogen-bond acceptors (Lipinski definition) is 6. The maximum Gasteiger partial charge on any atom is 0.311 e. The molecule has 1 aromatic carbocycles. The molecule has 0 aliphatic carbocycles. The molecule has 7 nitrogen and oxygen atoms in total. The Labute approximate surface area is 122 Å². The van der Waals surface area contributed by atoms with E-state index in [1.54, 1.807) is 19.1 Å². The first-order valence-corrected chi connectivity index (χ1v) is 6.25. The van der Waals surface area contributed by atoms with Crippen LogP contribution in [0.15, 0.2) is 18.2 Å². The lowest BCUT2D eigenvalue weighted by Gasteiger charge is -2.36. The van der Waals surface area contributed by atoms with Crippen molar-refractivity contribution in [3.8, 4) is 11.5 Å². The van der Waals surface area contributed by atoms with Crippen molar-refractivity contribution >= 4 is 11.8 Å². The fourth-order valence-electron chi connectivity index (χ4n) is 2.31. The summed E-state index contributed by atoms with van der Waals surface area (Å²) in [7, 11) is 4.41. The zero-order valence-electron chi connectivity index (χ0n) is 12.3. The van der Waals surface area contributed by atoms with Crippen LogP contribution in [0.4, 0.5) is 5.69 Å². The minimum Gasteiger partial charge on any atom is -0.490 e. The summed E-state index contributed by atoms with van der Waals surface area (Å²) < 4.78 is 21.4. The van der Waals surface area contributed by atoms with E-state index in [1.807, 2.05) is 0 Å². The number of hydrogen-bond donors (Lipinski definition) is 0. The van der Waals surface area contributed by atoms with Crippen molar-refractivity contribution < 1.29 is 23.9 Å². The number of nitrogens with zero attached hydrogens (tertiary/aromatic N) is 1. The van der Waals surface area contributed by atoms with Crippen LogP contribution in [0.3, 0.4) is 0 Å². The highest BCUT2D eigenvalue weighted by Gasteiger charge is 2.38. The van der Waals surface area contributed by atoms with Gasteiger partial charge in [0.2, 0.25) is 12.0 Å². The van der Waals surface area contributed by atoms with Crippen LogP contribution in [-0.4, -0.2) is 38.1 Å². The van der Waals surface area contributed by atoms with Crippen molar-refractivity contribution in [1.82, 2.24) is 0 Å². The summed E-state index contributed by atoms with van der Waals surface area (Å²) in [5.74, 6) is 0.615. The van der Waals surface area contributed by atoms with Gasteiger partial charge in [0.05, 0.1) is 12.0 Å². The summed E-state index contributed by atoms with van der Waals surface area (Å²) in [6.07, 6.45) is 2.89. The molecule has 1 aliphatic rings. The van der Waals surface area contributed by atoms with E-state index < -0.39 is 16.8 Å². The van der Waals surface area contributed by atoms with Crippen LogP contribution in [0, 0.1) is 10.1 Å². The third kappa shape index (κ3) is 2.70. The number of fused-ring (bicyclic) bond motifs is 1. The Balaban J connectivity index is 2.45. The maximum atomic E-state index is 11.0. The highest BCUT2D eigenvalue weighted by molar-refractivity contribution is 5.68. The molecule has 0 radical (unpaired) electrons. The monoisotopic (exact) mass is 295 g/mol. The molecule has 0 spiro atoms. The third-order valence-corrected chi connectivity index (χ3v) is 3.33. The van der Waals surface area contributed by atoms with Crippen molar-refractivity contribution in [3.05, 3.63) is 33.9 Å². The molecular formula is C14H17NO6. The first-order chi connectivity index (χ1) is 9.95. The zero-order chi connectivity index (χ0) is 15.6. The Morgan fingerprint density at radius 1 is 1.29 bits per heavy atom. The Kier molecular flexibility index (Phi) is 4.15. The average molecular weight is 295 g/mol. The number of nitro groups is 1. The number of rotatable bonds is 5. The molecule has 0 amide bonds. The van der Waals surface area contributed by atoms with Gasteiger partial charge < -0.3 is 18.9 Å². The molecule has 0 fully saturated rings. The van der Waals surface area contributed by atoms with Crippen LogP contribution in [0.25, 0.3) is 6.08 Å². The molecule has 0 saturated carbocycles. The van der Waals surface area contributed by atoms with E-state index in [0.717, 1.165) is 0 Å². The van der Waals surface area contributed by atoms with Gasteiger partial charge in [0.15, 0.2) is 5.60 Å². The first-order valence-electron chi connectivity index (χ1n) is 6.25. The topological polar surface area (TPSA) is 80.1 Å². The molecule has 1 aliphatic heterocycles. The van der Waals surface area contributed by atoms with Gasteiger partial charge in [-0.25, -0.2) is 0 Å². The van der Waals surface area contributed by atoms with Crippen LogP contribution in [-0.2, 0) is 9.47 Å². The Hall–Kier alpha value is -2.12. The summed E-state index contributed by atoms with van der Waals surface area (Å²) in [6, 6.07) is 2.91. The second kappa shape index (κ2) is 5.71. The predicted octanol–water partition coefficient (Wildman–Crippen LogP) is 2.39. The fourth-order valence-corrected chi connectivity index (χ4v) is 2.31. The Bertz CT molecular complexity index is 581. The smallest absolute Gasteiger partial charge is 0.311 e. The van der Waals surface area contributed by atoms with Crippen LogP contribution in [0.1, 0.15) is 12.5 Å². The molecule has 1 heterocycles. The van der Waals surface area contributed by atoms with Gasteiger partial charge in [-0.15, -0.1) is 0 Å². The lowest BCUT2D eigenvalue weighted by molar-refractivity contribution is -0.385. The Morgan fingerprint density at radius 2 is 1.95 bits per heavy atom. The molecule has 0 bridgehead atoms. The quantitative estimate of drug-likeness (QED) is 0.471. The number of benzene rings is 1. The summed E-state index contributed by atoms with van der Waals surface area (Å²) in [5.41, 5.74) is -0.341. The minimum absolute atomic E-state index is 0.108. The lowest BCUT2D eigenvalue weighted by Crippen LogP contribution is -2.46. The molecule has 0 N–H and O–H groups in total.